The molecule has 44 heavy (non-hydrogen) atoms. The van der Waals surface area contributed by atoms with E-state index in [0.29, 0.717) is 28.6 Å². The molecule has 0 saturated heterocycles. The maximum absolute atomic E-state index is 6.06. The molecular weight excluding hydrogens is 559 g/mol. The Morgan fingerprint density at radius 3 is 2.25 bits per heavy atom. The number of nitrogens with zero attached hydrogens (tertiary/aromatic N) is 3. The molecule has 0 N–H and O–H groups in total. The van der Waals surface area contributed by atoms with Crippen molar-refractivity contribution in [1.82, 2.24) is 15.0 Å². The topological polar surface area (TPSA) is 51.8 Å². The van der Waals surface area contributed by atoms with Crippen molar-refractivity contribution in [1.29, 1.82) is 0 Å². The molecule has 4 aromatic carbocycles. The number of thioether (sulfide) groups is 1. The van der Waals surface area contributed by atoms with E-state index >= 15 is 0 Å². The van der Waals surface area contributed by atoms with Crippen LogP contribution in [-0.2, 0) is 0 Å². The lowest BCUT2D eigenvalue weighted by molar-refractivity contribution is 0.604. The summed E-state index contributed by atoms with van der Waals surface area (Å²) in [6.45, 7) is 3.76. The van der Waals surface area contributed by atoms with Crippen molar-refractivity contribution in [2.24, 2.45) is 0 Å². The maximum Gasteiger partial charge on any atom is 0.164 e. The number of hydrogen-bond acceptors (Lipinski definition) is 5. The zero-order valence-electron chi connectivity index (χ0n) is 23.8. The van der Waals surface area contributed by atoms with E-state index in [4.69, 9.17) is 19.4 Å². The lowest BCUT2D eigenvalue weighted by atomic mass is 9.91. The molecule has 1 aliphatic carbocycles. The van der Waals surface area contributed by atoms with Crippen LogP contribution in [0, 0.1) is 0 Å². The van der Waals surface area contributed by atoms with Gasteiger partial charge in [-0.25, -0.2) is 15.0 Å². The second-order valence-corrected chi connectivity index (χ2v) is 12.1. The average molecular weight is 586 g/mol. The van der Waals surface area contributed by atoms with Gasteiger partial charge in [0, 0.05) is 38.1 Å². The van der Waals surface area contributed by atoms with E-state index in [1.54, 1.807) is 6.08 Å². The van der Waals surface area contributed by atoms with Gasteiger partial charge in [0.1, 0.15) is 11.3 Å². The van der Waals surface area contributed by atoms with Gasteiger partial charge in [-0.15, -0.1) is 11.8 Å². The smallest absolute Gasteiger partial charge is 0.164 e. The highest BCUT2D eigenvalue weighted by Crippen LogP contribution is 2.49. The number of rotatable bonds is 6. The van der Waals surface area contributed by atoms with E-state index in [1.165, 1.54) is 10.5 Å². The van der Waals surface area contributed by atoms with Crippen molar-refractivity contribution in [3.05, 3.63) is 151 Å². The Balaban J connectivity index is 1.24. The molecular formula is C39H27N3OS. The van der Waals surface area contributed by atoms with Crippen LogP contribution in [0.5, 0.6) is 0 Å². The van der Waals surface area contributed by atoms with E-state index in [-0.39, 0.29) is 0 Å². The van der Waals surface area contributed by atoms with Crippen molar-refractivity contribution in [3.8, 4) is 45.3 Å². The lowest BCUT2D eigenvalue weighted by Gasteiger charge is -2.15. The van der Waals surface area contributed by atoms with Crippen LogP contribution < -0.4 is 0 Å². The Morgan fingerprint density at radius 1 is 0.682 bits per heavy atom. The summed E-state index contributed by atoms with van der Waals surface area (Å²) in [6.07, 6.45) is 14.4. The first kappa shape index (κ1) is 26.4. The predicted octanol–water partition coefficient (Wildman–Crippen LogP) is 10.2. The third-order valence-corrected chi connectivity index (χ3v) is 9.40. The fraction of sp³-hybridized carbons (Fsp3) is 0.0513. The van der Waals surface area contributed by atoms with E-state index in [2.05, 4.69) is 85.5 Å². The molecule has 1 aliphatic heterocycles. The molecule has 210 valence electrons. The molecule has 0 fully saturated rings. The van der Waals surface area contributed by atoms with Gasteiger partial charge in [-0.3, -0.25) is 0 Å². The highest BCUT2D eigenvalue weighted by atomic mass is 32.2. The van der Waals surface area contributed by atoms with Crippen LogP contribution in [0.15, 0.2) is 149 Å². The number of aromatic nitrogens is 3. The van der Waals surface area contributed by atoms with Crippen LogP contribution >= 0.6 is 11.8 Å². The van der Waals surface area contributed by atoms with E-state index < -0.39 is 0 Å². The fourth-order valence-electron chi connectivity index (χ4n) is 5.94. The number of fused-ring (bicyclic) bond motifs is 4. The molecule has 0 radical (unpaired) electrons. The van der Waals surface area contributed by atoms with Gasteiger partial charge in [-0.2, -0.15) is 0 Å². The summed E-state index contributed by atoms with van der Waals surface area (Å²) in [6, 6.07) is 33.3. The Labute approximate surface area is 260 Å². The summed E-state index contributed by atoms with van der Waals surface area (Å²) in [7, 11) is 0. The SMILES string of the molecule is C=C/C=C\c1cc2c(-c3cccc(-c4nc(-c5ccccc5)nc(-c5ccc6c(c5)C5C=CC=CC5S6)n4)c3)cccc2o1. The van der Waals surface area contributed by atoms with Gasteiger partial charge in [-0.1, -0.05) is 110 Å². The summed E-state index contributed by atoms with van der Waals surface area (Å²) in [5.74, 6) is 3.11. The van der Waals surface area contributed by atoms with Crippen molar-refractivity contribution < 1.29 is 4.42 Å². The van der Waals surface area contributed by atoms with Crippen molar-refractivity contribution in [3.63, 3.8) is 0 Å². The summed E-state index contributed by atoms with van der Waals surface area (Å²) < 4.78 is 6.06. The largest absolute Gasteiger partial charge is 0.457 e. The highest BCUT2D eigenvalue weighted by Gasteiger charge is 2.31. The van der Waals surface area contributed by atoms with E-state index in [9.17, 15) is 0 Å². The number of hydrogen-bond donors (Lipinski definition) is 0. The number of furan rings is 1. The van der Waals surface area contributed by atoms with Gasteiger partial charge >= 0.3 is 0 Å². The van der Waals surface area contributed by atoms with Gasteiger partial charge in [-0.05, 0) is 53.1 Å². The van der Waals surface area contributed by atoms with E-state index in [0.717, 1.165) is 44.5 Å². The standard InChI is InChI=1S/C39H27N3OS/c1-2-3-15-29-24-32-30(17-10-18-34(32)43-29)26-13-9-14-27(22-26)38-40-37(25-11-5-4-6-12-25)41-39(42-38)28-20-21-36-33(23-28)31-16-7-8-19-35(31)44-36/h2-24,31,35H,1H2/b15-3-. The molecule has 0 bridgehead atoms. The highest BCUT2D eigenvalue weighted by molar-refractivity contribution is 8.00. The van der Waals surface area contributed by atoms with Crippen molar-refractivity contribution >= 4 is 28.8 Å². The van der Waals surface area contributed by atoms with Crippen molar-refractivity contribution in [2.45, 2.75) is 16.1 Å². The van der Waals surface area contributed by atoms with Crippen LogP contribution in [0.1, 0.15) is 17.2 Å². The van der Waals surface area contributed by atoms with Crippen LogP contribution in [0.25, 0.3) is 62.3 Å². The van der Waals surface area contributed by atoms with E-state index in [1.807, 2.05) is 66.4 Å². The van der Waals surface area contributed by atoms with Gasteiger partial charge in [0.05, 0.1) is 0 Å². The predicted molar refractivity (Wildman–Crippen MR) is 181 cm³/mol. The minimum Gasteiger partial charge on any atom is -0.457 e. The maximum atomic E-state index is 6.06. The molecule has 0 saturated carbocycles. The molecule has 2 aliphatic rings. The molecule has 0 spiro atoms. The Morgan fingerprint density at radius 2 is 1.41 bits per heavy atom. The quantitative estimate of drug-likeness (QED) is 0.182. The monoisotopic (exact) mass is 585 g/mol. The molecule has 2 aromatic heterocycles. The van der Waals surface area contributed by atoms with Crippen LogP contribution in [0.2, 0.25) is 0 Å². The molecule has 5 heteroatoms. The summed E-state index contributed by atoms with van der Waals surface area (Å²) in [4.78, 5) is 16.4. The molecule has 0 amide bonds. The third-order valence-electron chi connectivity index (χ3n) is 8.05. The first-order chi connectivity index (χ1) is 21.7. The lowest BCUT2D eigenvalue weighted by Crippen LogP contribution is -2.07. The normalized spacial score (nSPS) is 16.8. The summed E-state index contributed by atoms with van der Waals surface area (Å²) in [5.41, 5.74) is 7.19. The summed E-state index contributed by atoms with van der Waals surface area (Å²) >= 11 is 1.92. The summed E-state index contributed by atoms with van der Waals surface area (Å²) in [5, 5.41) is 1.49. The first-order valence-corrected chi connectivity index (χ1v) is 15.5. The average Bonchev–Trinajstić information content (AvgIpc) is 3.68. The van der Waals surface area contributed by atoms with Gasteiger partial charge in [0.2, 0.25) is 0 Å². The minimum atomic E-state index is 0.366. The molecule has 4 nitrogen and oxygen atoms in total. The second-order valence-electron chi connectivity index (χ2n) is 10.8. The second kappa shape index (κ2) is 11.1. The van der Waals surface area contributed by atoms with Gasteiger partial charge < -0.3 is 4.42 Å². The number of allylic oxidation sites excluding steroid dienone is 5. The molecule has 2 atom stereocenters. The molecule has 2 unspecified atom stereocenters. The van der Waals surface area contributed by atoms with Crippen LogP contribution in [-0.4, -0.2) is 20.2 Å². The van der Waals surface area contributed by atoms with Gasteiger partial charge in [0.25, 0.3) is 0 Å². The third kappa shape index (κ3) is 4.81. The van der Waals surface area contributed by atoms with Crippen LogP contribution in [0.4, 0.5) is 0 Å². The zero-order valence-corrected chi connectivity index (χ0v) is 24.6. The van der Waals surface area contributed by atoms with Crippen molar-refractivity contribution in [2.75, 3.05) is 0 Å². The first-order valence-electron chi connectivity index (χ1n) is 14.6. The van der Waals surface area contributed by atoms with Crippen LogP contribution in [0.3, 0.4) is 0 Å². The zero-order chi connectivity index (χ0) is 29.5. The molecule has 8 rings (SSSR count). The molecule has 3 heterocycles. The Hall–Kier alpha value is -5.26. The number of benzene rings is 4. The molecule has 6 aromatic rings. The van der Waals surface area contributed by atoms with Gasteiger partial charge in [0.15, 0.2) is 17.5 Å². The Kier molecular flexibility index (Phi) is 6.65. The minimum absolute atomic E-state index is 0.366. The fourth-order valence-corrected chi connectivity index (χ4v) is 7.26. The Bertz CT molecular complexity index is 2140.